The number of nitrogens with zero attached hydrogens (tertiary/aromatic N) is 4. The Bertz CT molecular complexity index is 982. The van der Waals surface area contributed by atoms with Gasteiger partial charge < -0.3 is 10.1 Å². The molecule has 0 aromatic heterocycles. The summed E-state index contributed by atoms with van der Waals surface area (Å²) in [5, 5.41) is 6.49. The SMILES string of the molecule is CCC1=CNC(C(=O)COc2ccc(CC3(CN=[N+]=[N-])SC(=O)N(N)C3=O)cc2)C=C1. The number of amides is 2. The van der Waals surface area contributed by atoms with Gasteiger partial charge in [0.15, 0.2) is 5.78 Å². The van der Waals surface area contributed by atoms with E-state index in [-0.39, 0.29) is 25.4 Å². The molecule has 0 bridgehead atoms. The van der Waals surface area contributed by atoms with Crippen LogP contribution >= 0.6 is 11.8 Å². The smallest absolute Gasteiger partial charge is 0.303 e. The number of ether oxygens (including phenoxy) is 1. The average molecular weight is 443 g/mol. The zero-order chi connectivity index (χ0) is 22.4. The van der Waals surface area contributed by atoms with E-state index in [0.29, 0.717) is 10.8 Å². The maximum atomic E-state index is 12.5. The first kappa shape index (κ1) is 22.4. The van der Waals surface area contributed by atoms with Crippen molar-refractivity contribution < 1.29 is 19.1 Å². The topological polar surface area (TPSA) is 150 Å². The summed E-state index contributed by atoms with van der Waals surface area (Å²) in [5.41, 5.74) is 10.5. The zero-order valence-corrected chi connectivity index (χ0v) is 17.7. The van der Waals surface area contributed by atoms with Gasteiger partial charge in [0.25, 0.3) is 5.91 Å². The Hall–Kier alpha value is -3.27. The third-order valence-corrected chi connectivity index (χ3v) is 6.19. The van der Waals surface area contributed by atoms with Gasteiger partial charge in [0.2, 0.25) is 0 Å². The van der Waals surface area contributed by atoms with E-state index in [2.05, 4.69) is 15.3 Å². The van der Waals surface area contributed by atoms with E-state index in [1.54, 1.807) is 24.3 Å². The third kappa shape index (κ3) is 5.08. The van der Waals surface area contributed by atoms with Crippen molar-refractivity contribution in [3.05, 3.63) is 64.2 Å². The van der Waals surface area contributed by atoms with Gasteiger partial charge in [-0.3, -0.25) is 14.4 Å². The number of allylic oxidation sites excluding steroid dienone is 2. The lowest BCUT2D eigenvalue weighted by Crippen LogP contribution is -2.46. The van der Waals surface area contributed by atoms with Gasteiger partial charge in [0.05, 0.1) is 6.54 Å². The fourth-order valence-corrected chi connectivity index (χ4v) is 4.26. The number of ketones is 1. The maximum Gasteiger partial charge on any atom is 0.303 e. The van der Waals surface area contributed by atoms with Crippen molar-refractivity contribution in [1.82, 2.24) is 10.3 Å². The van der Waals surface area contributed by atoms with Gasteiger partial charge in [0, 0.05) is 11.1 Å². The van der Waals surface area contributed by atoms with Crippen molar-refractivity contribution in [2.45, 2.75) is 30.6 Å². The summed E-state index contributed by atoms with van der Waals surface area (Å²) in [7, 11) is 0. The second kappa shape index (κ2) is 9.69. The minimum atomic E-state index is -1.28. The Balaban J connectivity index is 1.61. The van der Waals surface area contributed by atoms with Gasteiger partial charge in [0.1, 0.15) is 23.1 Å². The molecule has 2 aliphatic rings. The molecule has 1 aromatic rings. The molecule has 2 amide bonds. The normalized spacial score (nSPS) is 22.6. The Kier molecular flexibility index (Phi) is 7.01. The van der Waals surface area contributed by atoms with Crippen LogP contribution in [0.5, 0.6) is 5.75 Å². The number of hydrogen-bond acceptors (Lipinski definition) is 8. The summed E-state index contributed by atoms with van der Waals surface area (Å²) in [5.74, 6) is 5.29. The molecular formula is C20H22N6O4S. The van der Waals surface area contributed by atoms with Crippen LogP contribution in [0.4, 0.5) is 4.79 Å². The Labute approximate surface area is 183 Å². The highest BCUT2D eigenvalue weighted by Crippen LogP contribution is 2.39. The standard InChI is InChI=1S/C20H22N6O4S/c1-2-13-5-8-16(23-10-13)17(27)11-30-15-6-3-14(4-7-15)9-20(12-24-25-21)18(28)26(22)19(29)31-20/h3-8,10,16,23H,2,9,11-12,22H2,1H3. The van der Waals surface area contributed by atoms with Gasteiger partial charge >= 0.3 is 5.24 Å². The number of hydrazine groups is 1. The molecule has 0 radical (unpaired) electrons. The second-order valence-corrected chi connectivity index (χ2v) is 8.41. The summed E-state index contributed by atoms with van der Waals surface area (Å²) in [6, 6.07) is 6.39. The number of carbonyl (C=O) groups excluding carboxylic acids is 3. The van der Waals surface area contributed by atoms with Crippen molar-refractivity contribution in [3.8, 4) is 5.75 Å². The molecule has 0 saturated carbocycles. The molecule has 10 nitrogen and oxygen atoms in total. The summed E-state index contributed by atoms with van der Waals surface area (Å²) in [6.07, 6.45) is 6.61. The van der Waals surface area contributed by atoms with E-state index in [1.165, 1.54) is 0 Å². The molecule has 0 aliphatic carbocycles. The highest BCUT2D eigenvalue weighted by Gasteiger charge is 2.51. The number of nitrogens with one attached hydrogen (secondary N) is 1. The van der Waals surface area contributed by atoms with Gasteiger partial charge in [-0.25, -0.2) is 10.9 Å². The third-order valence-electron chi connectivity index (χ3n) is 4.98. The number of hydrogen-bond donors (Lipinski definition) is 2. The number of benzene rings is 1. The molecule has 1 fully saturated rings. The Morgan fingerprint density at radius 3 is 2.68 bits per heavy atom. The first-order chi connectivity index (χ1) is 14.9. The van der Waals surface area contributed by atoms with Crippen LogP contribution in [0, 0.1) is 0 Å². The lowest BCUT2D eigenvalue weighted by Gasteiger charge is -2.22. The van der Waals surface area contributed by atoms with Crippen molar-refractivity contribution in [2.75, 3.05) is 13.2 Å². The first-order valence-electron chi connectivity index (χ1n) is 9.59. The number of imide groups is 1. The molecule has 162 valence electrons. The minimum Gasteiger partial charge on any atom is -0.486 e. The number of carbonyl (C=O) groups is 3. The van der Waals surface area contributed by atoms with Crippen LogP contribution in [0.2, 0.25) is 0 Å². The molecule has 0 spiro atoms. The maximum absolute atomic E-state index is 12.5. The summed E-state index contributed by atoms with van der Waals surface area (Å²) < 4.78 is 4.30. The molecule has 2 unspecified atom stereocenters. The average Bonchev–Trinajstić information content (AvgIpc) is 3.00. The number of Topliss-reactive ketones (excluding diaryl/α,β-unsaturated/α-hetero) is 1. The Morgan fingerprint density at radius 2 is 2.13 bits per heavy atom. The minimum absolute atomic E-state index is 0.0948. The van der Waals surface area contributed by atoms with Crippen LogP contribution in [0.25, 0.3) is 10.4 Å². The predicted octanol–water partition coefficient (Wildman–Crippen LogP) is 2.62. The fourth-order valence-electron chi connectivity index (χ4n) is 3.19. The van der Waals surface area contributed by atoms with Crippen molar-refractivity contribution in [1.29, 1.82) is 0 Å². The van der Waals surface area contributed by atoms with E-state index in [1.807, 2.05) is 25.3 Å². The monoisotopic (exact) mass is 442 g/mol. The van der Waals surface area contributed by atoms with E-state index in [9.17, 15) is 14.4 Å². The van der Waals surface area contributed by atoms with Gasteiger partial charge in [-0.1, -0.05) is 36.3 Å². The molecule has 2 aliphatic heterocycles. The summed E-state index contributed by atoms with van der Waals surface area (Å²) >= 11 is 0.753. The van der Waals surface area contributed by atoms with E-state index < -0.39 is 21.9 Å². The largest absolute Gasteiger partial charge is 0.486 e. The molecule has 1 aromatic carbocycles. The fraction of sp³-hybridized carbons (Fsp3) is 0.350. The summed E-state index contributed by atoms with van der Waals surface area (Å²) in [6.45, 7) is 1.74. The Morgan fingerprint density at radius 1 is 1.39 bits per heavy atom. The van der Waals surface area contributed by atoms with Crippen molar-refractivity contribution in [3.63, 3.8) is 0 Å². The quantitative estimate of drug-likeness (QED) is 0.196. The van der Waals surface area contributed by atoms with Crippen LogP contribution in [0.1, 0.15) is 18.9 Å². The van der Waals surface area contributed by atoms with E-state index in [0.717, 1.165) is 29.3 Å². The number of rotatable bonds is 9. The molecule has 1 saturated heterocycles. The molecule has 2 heterocycles. The van der Waals surface area contributed by atoms with Gasteiger partial charge in [-0.15, -0.1) is 0 Å². The van der Waals surface area contributed by atoms with Crippen LogP contribution in [0.3, 0.4) is 0 Å². The van der Waals surface area contributed by atoms with Crippen molar-refractivity contribution in [2.24, 2.45) is 11.0 Å². The molecule has 3 rings (SSSR count). The molecule has 11 heteroatoms. The number of thioether (sulfide) groups is 1. The lowest BCUT2D eigenvalue weighted by molar-refractivity contribution is -0.129. The predicted molar refractivity (Wildman–Crippen MR) is 116 cm³/mol. The molecule has 2 atom stereocenters. The van der Waals surface area contributed by atoms with E-state index in [4.69, 9.17) is 16.1 Å². The summed E-state index contributed by atoms with van der Waals surface area (Å²) in [4.78, 5) is 39.3. The lowest BCUT2D eigenvalue weighted by atomic mass is 9.97. The van der Waals surface area contributed by atoms with Gasteiger partial charge in [-0.05, 0) is 53.4 Å². The second-order valence-electron chi connectivity index (χ2n) is 7.08. The van der Waals surface area contributed by atoms with Crippen LogP contribution in [-0.2, 0) is 16.0 Å². The van der Waals surface area contributed by atoms with Gasteiger partial charge in [-0.2, -0.15) is 0 Å². The van der Waals surface area contributed by atoms with Crippen LogP contribution in [-0.4, -0.2) is 45.9 Å². The molecular weight excluding hydrogens is 420 g/mol. The van der Waals surface area contributed by atoms with Crippen LogP contribution < -0.4 is 15.9 Å². The first-order valence-corrected chi connectivity index (χ1v) is 10.4. The number of dihydropyridines is 1. The highest BCUT2D eigenvalue weighted by atomic mass is 32.2. The highest BCUT2D eigenvalue weighted by molar-refractivity contribution is 8.16. The molecule has 3 N–H and O–H groups in total. The number of nitrogens with two attached hydrogens (primary N) is 1. The number of azide groups is 1. The van der Waals surface area contributed by atoms with Crippen LogP contribution in [0.15, 0.2) is 53.3 Å². The molecule has 31 heavy (non-hydrogen) atoms. The van der Waals surface area contributed by atoms with E-state index >= 15 is 0 Å². The zero-order valence-electron chi connectivity index (χ0n) is 16.9. The van der Waals surface area contributed by atoms with Crippen molar-refractivity contribution >= 4 is 28.7 Å².